The highest BCUT2D eigenvalue weighted by Crippen LogP contribution is 2.26. The Balaban J connectivity index is 1.55. The molecule has 3 aromatic rings. The van der Waals surface area contributed by atoms with Gasteiger partial charge < -0.3 is 4.57 Å². The molecule has 0 bridgehead atoms. The lowest BCUT2D eigenvalue weighted by molar-refractivity contribution is -0.128. The van der Waals surface area contributed by atoms with Crippen molar-refractivity contribution in [2.45, 2.75) is 25.0 Å². The number of thiophene rings is 1. The monoisotopic (exact) mass is 386 g/mol. The predicted molar refractivity (Wildman–Crippen MR) is 103 cm³/mol. The Morgan fingerprint density at radius 3 is 2.62 bits per heavy atom. The maximum atomic E-state index is 12.0. The summed E-state index contributed by atoms with van der Waals surface area (Å²) in [4.78, 5) is 25.0. The van der Waals surface area contributed by atoms with Crippen LogP contribution in [0.4, 0.5) is 0 Å². The second-order valence-corrected chi connectivity index (χ2v) is 7.34. The van der Waals surface area contributed by atoms with Crippen molar-refractivity contribution >= 4 is 34.9 Å². The average molecular weight is 387 g/mol. The number of hydrogen-bond donors (Lipinski definition) is 1. The van der Waals surface area contributed by atoms with Gasteiger partial charge in [-0.05, 0) is 23.9 Å². The van der Waals surface area contributed by atoms with E-state index in [-0.39, 0.29) is 24.0 Å². The topological polar surface area (TPSA) is 76.9 Å². The number of rotatable bonds is 7. The highest BCUT2D eigenvalue weighted by atomic mass is 32.2. The van der Waals surface area contributed by atoms with Crippen molar-refractivity contribution in [1.82, 2.24) is 20.1 Å². The van der Waals surface area contributed by atoms with Gasteiger partial charge in [0.25, 0.3) is 0 Å². The minimum Gasteiger partial charge on any atom is -0.302 e. The molecule has 6 nitrogen and oxygen atoms in total. The summed E-state index contributed by atoms with van der Waals surface area (Å²) in [5.74, 6) is 0.270. The maximum absolute atomic E-state index is 12.0. The summed E-state index contributed by atoms with van der Waals surface area (Å²) < 4.78 is 1.97. The van der Waals surface area contributed by atoms with E-state index in [1.165, 1.54) is 11.8 Å². The van der Waals surface area contributed by atoms with Gasteiger partial charge in [0.2, 0.25) is 11.8 Å². The Morgan fingerprint density at radius 2 is 1.92 bits per heavy atom. The number of hydrogen-bond acceptors (Lipinski definition) is 6. The van der Waals surface area contributed by atoms with Gasteiger partial charge in [0.1, 0.15) is 0 Å². The van der Waals surface area contributed by atoms with Crippen LogP contribution in [0.25, 0.3) is 10.7 Å². The predicted octanol–water partition coefficient (Wildman–Crippen LogP) is 3.00. The SMILES string of the molecule is CCn1c(SCC(=O)NC(=O)Cc2ccccc2)nnc1-c1cccs1. The van der Waals surface area contributed by atoms with Crippen molar-refractivity contribution in [3.63, 3.8) is 0 Å². The van der Waals surface area contributed by atoms with Gasteiger partial charge in [-0.1, -0.05) is 48.2 Å². The van der Waals surface area contributed by atoms with Crippen LogP contribution in [0.15, 0.2) is 53.0 Å². The van der Waals surface area contributed by atoms with Crippen molar-refractivity contribution < 1.29 is 9.59 Å². The normalized spacial score (nSPS) is 10.7. The van der Waals surface area contributed by atoms with Crippen LogP contribution in [-0.2, 0) is 22.6 Å². The van der Waals surface area contributed by atoms with E-state index in [0.29, 0.717) is 11.7 Å². The molecule has 0 aliphatic heterocycles. The van der Waals surface area contributed by atoms with Crippen molar-refractivity contribution in [2.75, 3.05) is 5.75 Å². The molecule has 0 aliphatic rings. The lowest BCUT2D eigenvalue weighted by Gasteiger charge is -2.06. The summed E-state index contributed by atoms with van der Waals surface area (Å²) in [6.45, 7) is 2.71. The van der Waals surface area contributed by atoms with E-state index in [1.807, 2.05) is 59.3 Å². The van der Waals surface area contributed by atoms with Gasteiger partial charge in [-0.3, -0.25) is 14.9 Å². The molecule has 0 radical (unpaired) electrons. The van der Waals surface area contributed by atoms with Gasteiger partial charge >= 0.3 is 0 Å². The molecule has 2 aromatic heterocycles. The van der Waals surface area contributed by atoms with E-state index < -0.39 is 0 Å². The van der Waals surface area contributed by atoms with Crippen molar-refractivity contribution in [3.05, 3.63) is 53.4 Å². The molecule has 134 valence electrons. The number of thioether (sulfide) groups is 1. The van der Waals surface area contributed by atoms with E-state index in [9.17, 15) is 9.59 Å². The fraction of sp³-hybridized carbons (Fsp3) is 0.222. The number of nitrogens with zero attached hydrogens (tertiary/aromatic N) is 3. The van der Waals surface area contributed by atoms with Gasteiger partial charge in [-0.25, -0.2) is 0 Å². The van der Waals surface area contributed by atoms with E-state index in [4.69, 9.17) is 0 Å². The Hall–Kier alpha value is -2.45. The Morgan fingerprint density at radius 1 is 1.12 bits per heavy atom. The molecule has 26 heavy (non-hydrogen) atoms. The van der Waals surface area contributed by atoms with Gasteiger partial charge in [0.15, 0.2) is 11.0 Å². The minimum atomic E-state index is -0.334. The highest BCUT2D eigenvalue weighted by molar-refractivity contribution is 7.99. The maximum Gasteiger partial charge on any atom is 0.237 e. The molecule has 8 heteroatoms. The van der Waals surface area contributed by atoms with Crippen LogP contribution in [0.2, 0.25) is 0 Å². The summed E-state index contributed by atoms with van der Waals surface area (Å²) in [6.07, 6.45) is 0.185. The second kappa shape index (κ2) is 8.77. The lowest BCUT2D eigenvalue weighted by Crippen LogP contribution is -2.33. The fourth-order valence-electron chi connectivity index (χ4n) is 2.42. The zero-order valence-electron chi connectivity index (χ0n) is 14.2. The number of carbonyl (C=O) groups is 2. The number of aromatic nitrogens is 3. The summed E-state index contributed by atoms with van der Waals surface area (Å²) in [6, 6.07) is 13.3. The number of amides is 2. The Kier molecular flexibility index (Phi) is 6.19. The molecule has 3 rings (SSSR count). The first kappa shape index (κ1) is 18.3. The first-order valence-electron chi connectivity index (χ1n) is 8.14. The Bertz CT molecular complexity index is 876. The lowest BCUT2D eigenvalue weighted by atomic mass is 10.1. The summed E-state index contributed by atoms with van der Waals surface area (Å²) in [5, 5.41) is 13.5. The van der Waals surface area contributed by atoms with Gasteiger partial charge in [-0.15, -0.1) is 21.5 Å². The van der Waals surface area contributed by atoms with Crippen molar-refractivity contribution in [2.24, 2.45) is 0 Å². The molecule has 0 aliphatic carbocycles. The van der Waals surface area contributed by atoms with Crippen LogP contribution in [0.1, 0.15) is 12.5 Å². The second-order valence-electron chi connectivity index (χ2n) is 5.45. The molecule has 0 atom stereocenters. The van der Waals surface area contributed by atoms with Crippen LogP contribution in [-0.4, -0.2) is 32.3 Å². The third-order valence-electron chi connectivity index (χ3n) is 3.59. The number of imide groups is 1. The minimum absolute atomic E-state index is 0.114. The van der Waals surface area contributed by atoms with Gasteiger partial charge in [0.05, 0.1) is 17.1 Å². The van der Waals surface area contributed by atoms with Crippen LogP contribution in [0.5, 0.6) is 0 Å². The van der Waals surface area contributed by atoms with E-state index in [2.05, 4.69) is 15.5 Å². The summed E-state index contributed by atoms with van der Waals surface area (Å²) >= 11 is 2.87. The molecule has 0 fully saturated rings. The molecule has 0 unspecified atom stereocenters. The molecule has 2 amide bonds. The van der Waals surface area contributed by atoms with Crippen LogP contribution in [0, 0.1) is 0 Å². The number of carbonyl (C=O) groups excluding carboxylic acids is 2. The Labute approximate surface area is 159 Å². The molecule has 0 spiro atoms. The molecule has 0 saturated carbocycles. The molecule has 2 heterocycles. The third-order valence-corrected chi connectivity index (χ3v) is 5.43. The van der Waals surface area contributed by atoms with E-state index in [1.54, 1.807) is 11.3 Å². The molecule has 1 N–H and O–H groups in total. The third kappa shape index (κ3) is 4.59. The molecule has 1 aromatic carbocycles. The van der Waals surface area contributed by atoms with E-state index in [0.717, 1.165) is 16.3 Å². The molecule has 0 saturated heterocycles. The average Bonchev–Trinajstić information content (AvgIpc) is 3.29. The van der Waals surface area contributed by atoms with Crippen LogP contribution < -0.4 is 5.32 Å². The van der Waals surface area contributed by atoms with Crippen molar-refractivity contribution in [3.8, 4) is 10.7 Å². The first-order valence-corrected chi connectivity index (χ1v) is 10.0. The largest absolute Gasteiger partial charge is 0.302 e. The smallest absolute Gasteiger partial charge is 0.237 e. The zero-order chi connectivity index (χ0) is 18.4. The first-order chi connectivity index (χ1) is 12.7. The van der Waals surface area contributed by atoms with Crippen LogP contribution in [0.3, 0.4) is 0 Å². The fourth-order valence-corrected chi connectivity index (χ4v) is 3.94. The quantitative estimate of drug-likeness (QED) is 0.632. The standard InChI is InChI=1S/C18H18N4O2S2/c1-2-22-17(14-9-6-10-25-14)20-21-18(22)26-12-16(24)19-15(23)11-13-7-4-3-5-8-13/h3-10H,2,11-12H2,1H3,(H,19,23,24). The van der Waals surface area contributed by atoms with Gasteiger partial charge in [0, 0.05) is 6.54 Å². The van der Waals surface area contributed by atoms with Gasteiger partial charge in [-0.2, -0.15) is 0 Å². The van der Waals surface area contributed by atoms with Crippen LogP contribution >= 0.6 is 23.1 Å². The number of benzene rings is 1. The summed E-state index contributed by atoms with van der Waals surface area (Å²) in [5.41, 5.74) is 0.872. The van der Waals surface area contributed by atoms with E-state index >= 15 is 0 Å². The molecular formula is C18H18N4O2S2. The summed E-state index contributed by atoms with van der Waals surface area (Å²) in [7, 11) is 0. The zero-order valence-corrected chi connectivity index (χ0v) is 15.8. The van der Waals surface area contributed by atoms with Crippen molar-refractivity contribution in [1.29, 1.82) is 0 Å². The highest BCUT2D eigenvalue weighted by Gasteiger charge is 2.16. The number of nitrogens with one attached hydrogen (secondary N) is 1. The molecular weight excluding hydrogens is 368 g/mol.